The Morgan fingerprint density at radius 1 is 0.782 bits per heavy atom. The lowest BCUT2D eigenvalue weighted by atomic mass is 9.32. The van der Waals surface area contributed by atoms with Crippen LogP contribution in [-0.2, 0) is 0 Å². The lowest BCUT2D eigenvalue weighted by molar-refractivity contribution is -0.176. The summed E-state index contributed by atoms with van der Waals surface area (Å²) in [5, 5.41) is 27.9. The van der Waals surface area contributed by atoms with Crippen LogP contribution in [0.2, 0.25) is 0 Å². The van der Waals surface area contributed by atoms with Gasteiger partial charge in [0, 0.05) is 33.9 Å². The Balaban J connectivity index is 1.02. The molecule has 6 heteroatoms. The summed E-state index contributed by atoms with van der Waals surface area (Å²) in [6.45, 7) is 7.85. The highest BCUT2D eigenvalue weighted by molar-refractivity contribution is 6.10. The maximum atomic E-state index is 14.9. The van der Waals surface area contributed by atoms with E-state index in [1.165, 1.54) is 38.5 Å². The number of Topliss-reactive ketones (excluding diaryl/α,β-unsaturated/α-hetero) is 1. The zero-order chi connectivity index (χ0) is 38.0. The highest BCUT2D eigenvalue weighted by Crippen LogP contribution is 2.78. The standard InChI is InChI=1S/C49H62N2O4/c1-32(36-10-6-4-7-11-36)50-43(54)51(30-46-25-33-22-34(26-46)24-35(23-33)27-46)31-48(55)19-16-41-45(48,3)18-15-40-44(2)17-14-38(52)28-47(44)20-21-49(40,41)39(29-47)42(53)37-12-8-5-9-13-37/h4-13,20-21,29,32-35,38,40-41,52,55H,14-19,22-28,30-31H2,1-3H3,(H,50,54)/t32-,33?,34?,35?,38?,40-,41-,44-,45+,46?,47+,48-,49-/m1/s1. The van der Waals surface area contributed by atoms with E-state index in [0.717, 1.165) is 61.0 Å². The normalized spacial score (nSPS) is 44.9. The number of aliphatic hydroxyl groups excluding tert-OH is 1. The Kier molecular flexibility index (Phi) is 8.14. The van der Waals surface area contributed by atoms with E-state index < -0.39 is 16.4 Å². The zero-order valence-corrected chi connectivity index (χ0v) is 33.3. The number of carbonyl (C=O) groups excluding carboxylic acids is 2. The van der Waals surface area contributed by atoms with Crippen molar-refractivity contribution in [3.8, 4) is 0 Å². The number of hydrogen-bond donors (Lipinski definition) is 3. The number of benzene rings is 2. The van der Waals surface area contributed by atoms with Crippen LogP contribution in [0.15, 0.2) is 84.5 Å². The van der Waals surface area contributed by atoms with Crippen molar-refractivity contribution in [3.63, 3.8) is 0 Å². The molecule has 1 unspecified atom stereocenters. The first-order valence-corrected chi connectivity index (χ1v) is 21.9. The molecule has 0 radical (unpaired) electrons. The maximum Gasteiger partial charge on any atom is 0.317 e. The molecule has 9 atom stereocenters. The van der Waals surface area contributed by atoms with Crippen LogP contribution >= 0.6 is 0 Å². The molecule has 55 heavy (non-hydrogen) atoms. The molecule has 10 aliphatic carbocycles. The third-order valence-corrected chi connectivity index (χ3v) is 18.1. The quantitative estimate of drug-likeness (QED) is 0.186. The Bertz CT molecular complexity index is 1890. The topological polar surface area (TPSA) is 89.9 Å². The Hall–Kier alpha value is -3.22. The largest absolute Gasteiger partial charge is 0.393 e. The van der Waals surface area contributed by atoms with Gasteiger partial charge in [-0.1, -0.05) is 92.7 Å². The molecular formula is C49H62N2O4. The van der Waals surface area contributed by atoms with Gasteiger partial charge < -0.3 is 20.4 Å². The van der Waals surface area contributed by atoms with Gasteiger partial charge in [-0.3, -0.25) is 4.79 Å². The van der Waals surface area contributed by atoms with Crippen molar-refractivity contribution in [2.24, 2.45) is 56.7 Å². The van der Waals surface area contributed by atoms with Gasteiger partial charge in [-0.05, 0) is 136 Å². The van der Waals surface area contributed by atoms with E-state index in [-0.39, 0.29) is 52.0 Å². The molecule has 7 fully saturated rings. The van der Waals surface area contributed by atoms with Gasteiger partial charge in [0.05, 0.1) is 24.3 Å². The molecule has 6 bridgehead atoms. The second kappa shape index (κ2) is 12.4. The average molecular weight is 743 g/mol. The monoisotopic (exact) mass is 742 g/mol. The SMILES string of the molecule is C[C@@H](NC(=O)N(CC12CC3CC(CC(C3)C1)C2)C[C@]1(O)CC[C@H]2[C@]34C=C[C@@]5(C=C3C(=O)c3ccccc3)CC(O)CC[C@]5(C)[C@H]4CC[C@@]21C)c1ccccc1. The van der Waals surface area contributed by atoms with E-state index >= 15 is 0 Å². The van der Waals surface area contributed by atoms with E-state index in [4.69, 9.17) is 0 Å². The molecule has 12 rings (SSSR count). The summed E-state index contributed by atoms with van der Waals surface area (Å²) in [5.41, 5.74) is 0.250. The molecule has 10 aliphatic rings. The van der Waals surface area contributed by atoms with Crippen LogP contribution in [0, 0.1) is 56.7 Å². The molecule has 0 aliphatic heterocycles. The van der Waals surface area contributed by atoms with Gasteiger partial charge in [-0.15, -0.1) is 0 Å². The maximum absolute atomic E-state index is 14.9. The van der Waals surface area contributed by atoms with Crippen molar-refractivity contribution in [2.45, 2.75) is 122 Å². The summed E-state index contributed by atoms with van der Waals surface area (Å²) in [7, 11) is 0. The van der Waals surface area contributed by atoms with Crippen molar-refractivity contribution >= 4 is 11.8 Å². The lowest BCUT2D eigenvalue weighted by Gasteiger charge is -2.71. The van der Waals surface area contributed by atoms with E-state index in [1.807, 2.05) is 48.5 Å². The molecule has 2 amide bonds. The molecule has 0 heterocycles. The number of nitrogens with zero attached hydrogens (tertiary/aromatic N) is 1. The van der Waals surface area contributed by atoms with Crippen LogP contribution in [0.4, 0.5) is 4.79 Å². The number of amides is 2. The molecule has 292 valence electrons. The molecule has 3 N–H and O–H groups in total. The van der Waals surface area contributed by atoms with Crippen molar-refractivity contribution in [3.05, 3.63) is 95.6 Å². The van der Waals surface area contributed by atoms with Crippen LogP contribution < -0.4 is 5.32 Å². The van der Waals surface area contributed by atoms with Gasteiger partial charge in [0.2, 0.25) is 0 Å². The number of allylic oxidation sites excluding steroid dienone is 4. The smallest absolute Gasteiger partial charge is 0.317 e. The Morgan fingerprint density at radius 2 is 1.38 bits per heavy atom. The third kappa shape index (κ3) is 5.18. The number of hydrogen-bond acceptors (Lipinski definition) is 4. The first kappa shape index (κ1) is 36.1. The van der Waals surface area contributed by atoms with Crippen molar-refractivity contribution in [2.75, 3.05) is 13.1 Å². The molecule has 0 aromatic heterocycles. The number of aliphatic hydroxyl groups is 2. The molecule has 2 aromatic rings. The van der Waals surface area contributed by atoms with Crippen LogP contribution in [-0.4, -0.2) is 51.7 Å². The second-order valence-corrected chi connectivity index (χ2v) is 20.9. The van der Waals surface area contributed by atoms with Gasteiger partial charge >= 0.3 is 6.03 Å². The van der Waals surface area contributed by atoms with Crippen LogP contribution in [0.3, 0.4) is 0 Å². The molecule has 2 aromatic carbocycles. The van der Waals surface area contributed by atoms with Crippen LogP contribution in [0.25, 0.3) is 0 Å². The van der Waals surface area contributed by atoms with Crippen LogP contribution in [0.1, 0.15) is 126 Å². The van der Waals surface area contributed by atoms with E-state index in [9.17, 15) is 19.8 Å². The highest BCUT2D eigenvalue weighted by atomic mass is 16.3. The minimum Gasteiger partial charge on any atom is -0.393 e. The number of fused-ring (bicyclic) bond motifs is 1. The fourth-order valence-corrected chi connectivity index (χ4v) is 15.8. The van der Waals surface area contributed by atoms with Crippen molar-refractivity contribution in [1.29, 1.82) is 0 Å². The van der Waals surface area contributed by atoms with Gasteiger partial charge in [-0.2, -0.15) is 0 Å². The summed E-state index contributed by atoms with van der Waals surface area (Å²) in [5.74, 6) is 2.70. The first-order chi connectivity index (χ1) is 26.3. The second-order valence-electron chi connectivity index (χ2n) is 20.9. The Morgan fingerprint density at radius 3 is 2.05 bits per heavy atom. The minimum absolute atomic E-state index is 0.0496. The van der Waals surface area contributed by atoms with E-state index in [0.29, 0.717) is 31.5 Å². The number of rotatable bonds is 8. The third-order valence-electron chi connectivity index (χ3n) is 18.1. The summed E-state index contributed by atoms with van der Waals surface area (Å²) < 4.78 is 0. The minimum atomic E-state index is -1.10. The molecule has 0 saturated heterocycles. The first-order valence-electron chi connectivity index (χ1n) is 21.9. The Labute approximate surface area is 328 Å². The average Bonchev–Trinajstić information content (AvgIpc) is 3.44. The summed E-state index contributed by atoms with van der Waals surface area (Å²) in [6, 6.07) is 19.8. The van der Waals surface area contributed by atoms with Gasteiger partial charge in [0.1, 0.15) is 0 Å². The van der Waals surface area contributed by atoms with Gasteiger partial charge in [0.15, 0.2) is 5.78 Å². The van der Waals surface area contributed by atoms with Crippen molar-refractivity contribution < 1.29 is 19.8 Å². The zero-order valence-electron chi connectivity index (χ0n) is 33.3. The summed E-state index contributed by atoms with van der Waals surface area (Å²) >= 11 is 0. The fourth-order valence-electron chi connectivity index (χ4n) is 15.8. The number of carbonyl (C=O) groups is 2. The van der Waals surface area contributed by atoms with Gasteiger partial charge in [0.25, 0.3) is 0 Å². The van der Waals surface area contributed by atoms with E-state index in [1.54, 1.807) is 0 Å². The highest BCUT2D eigenvalue weighted by Gasteiger charge is 2.74. The van der Waals surface area contributed by atoms with Gasteiger partial charge in [-0.25, -0.2) is 4.79 Å². The fraction of sp³-hybridized carbons (Fsp3) is 0.633. The number of nitrogens with one attached hydrogen (secondary N) is 1. The van der Waals surface area contributed by atoms with Crippen LogP contribution in [0.5, 0.6) is 0 Å². The predicted octanol–water partition coefficient (Wildman–Crippen LogP) is 9.45. The number of urea groups is 1. The predicted molar refractivity (Wildman–Crippen MR) is 215 cm³/mol. The van der Waals surface area contributed by atoms with Crippen molar-refractivity contribution in [1.82, 2.24) is 10.2 Å². The molecule has 6 nitrogen and oxygen atoms in total. The number of ketones is 1. The summed E-state index contributed by atoms with van der Waals surface area (Å²) in [6.07, 6.45) is 20.0. The molecule has 2 spiro atoms. The van der Waals surface area contributed by atoms with E-state index in [2.05, 4.69) is 61.3 Å². The summed E-state index contributed by atoms with van der Waals surface area (Å²) in [4.78, 5) is 31.7. The molecular weight excluding hydrogens is 681 g/mol. The molecule has 7 saturated carbocycles. The lowest BCUT2D eigenvalue weighted by Crippen LogP contribution is -2.67.